The number of ketones is 1. The summed E-state index contributed by atoms with van der Waals surface area (Å²) in [6.07, 6.45) is 1.52. The van der Waals surface area contributed by atoms with Gasteiger partial charge in [0, 0.05) is 16.0 Å². The van der Waals surface area contributed by atoms with E-state index in [0.717, 1.165) is 4.90 Å². The van der Waals surface area contributed by atoms with Crippen LogP contribution in [0, 0.1) is 5.82 Å². The quantitative estimate of drug-likeness (QED) is 0.701. The van der Waals surface area contributed by atoms with Crippen LogP contribution >= 0.6 is 23.4 Å². The summed E-state index contributed by atoms with van der Waals surface area (Å²) in [6, 6.07) is 11.8. The molecule has 0 saturated carbocycles. The van der Waals surface area contributed by atoms with Gasteiger partial charge in [0.2, 0.25) is 5.78 Å². The third-order valence-corrected chi connectivity index (χ3v) is 4.28. The Kier molecular flexibility index (Phi) is 3.17. The maximum atomic E-state index is 13.7. The monoisotopic (exact) mass is 290 g/mol. The molecule has 19 heavy (non-hydrogen) atoms. The molecule has 0 N–H and O–H groups in total. The summed E-state index contributed by atoms with van der Waals surface area (Å²) in [5.41, 5.74) is 0.916. The Bertz CT molecular complexity index is 689. The molecule has 2 aromatic carbocycles. The summed E-state index contributed by atoms with van der Waals surface area (Å²) in [5, 5.41) is 0.303. The molecule has 3 rings (SSSR count). The maximum Gasteiger partial charge on any atom is 0.200 e. The van der Waals surface area contributed by atoms with Crippen molar-refractivity contribution < 1.29 is 9.18 Å². The second-order valence-corrected chi connectivity index (χ2v) is 5.56. The smallest absolute Gasteiger partial charge is 0.200 e. The molecule has 2 aromatic rings. The first-order valence-electron chi connectivity index (χ1n) is 5.64. The first-order valence-corrected chi connectivity index (χ1v) is 6.83. The molecule has 0 atom stereocenters. The number of fused-ring (bicyclic) bond motifs is 1. The van der Waals surface area contributed by atoms with E-state index in [1.807, 2.05) is 18.2 Å². The van der Waals surface area contributed by atoms with Gasteiger partial charge in [-0.05, 0) is 30.3 Å². The highest BCUT2D eigenvalue weighted by Gasteiger charge is 2.25. The number of rotatable bonds is 1. The van der Waals surface area contributed by atoms with Gasteiger partial charge in [-0.3, -0.25) is 4.79 Å². The van der Waals surface area contributed by atoms with Crippen LogP contribution < -0.4 is 0 Å². The number of hydrogen-bond acceptors (Lipinski definition) is 2. The van der Waals surface area contributed by atoms with Crippen molar-refractivity contribution in [3.05, 3.63) is 69.3 Å². The Morgan fingerprint density at radius 2 is 1.89 bits per heavy atom. The molecule has 1 heterocycles. The third kappa shape index (κ3) is 2.20. The van der Waals surface area contributed by atoms with Gasteiger partial charge in [0.15, 0.2) is 0 Å². The molecule has 0 unspecified atom stereocenters. The molecule has 0 spiro atoms. The number of hydrogen-bond donors (Lipinski definition) is 0. The standard InChI is InChI=1S/C15H8ClFOS/c16-11-5-3-6-12(17)10(11)8-14-15(18)9-4-1-2-7-13(9)19-14/h1-8H/b14-8-. The van der Waals surface area contributed by atoms with E-state index in [2.05, 4.69) is 0 Å². The van der Waals surface area contributed by atoms with E-state index in [1.54, 1.807) is 12.1 Å². The van der Waals surface area contributed by atoms with Gasteiger partial charge in [0.1, 0.15) is 5.82 Å². The zero-order chi connectivity index (χ0) is 13.4. The first kappa shape index (κ1) is 12.5. The zero-order valence-corrected chi connectivity index (χ0v) is 11.3. The molecule has 0 saturated heterocycles. The van der Waals surface area contributed by atoms with E-state index in [-0.39, 0.29) is 11.3 Å². The Morgan fingerprint density at radius 1 is 1.11 bits per heavy atom. The fraction of sp³-hybridized carbons (Fsp3) is 0. The number of thioether (sulfide) groups is 1. The van der Waals surface area contributed by atoms with Crippen molar-refractivity contribution >= 4 is 35.2 Å². The highest BCUT2D eigenvalue weighted by molar-refractivity contribution is 8.04. The van der Waals surface area contributed by atoms with Crippen LogP contribution in [0.3, 0.4) is 0 Å². The topological polar surface area (TPSA) is 17.1 Å². The zero-order valence-electron chi connectivity index (χ0n) is 9.69. The van der Waals surface area contributed by atoms with Crippen molar-refractivity contribution in [2.45, 2.75) is 4.90 Å². The summed E-state index contributed by atoms with van der Waals surface area (Å²) in [7, 11) is 0. The SMILES string of the molecule is O=C1/C(=C/c2c(F)cccc2Cl)Sc2ccccc21. The molecule has 0 amide bonds. The van der Waals surface area contributed by atoms with Gasteiger partial charge in [-0.2, -0.15) is 0 Å². The molecule has 0 bridgehead atoms. The maximum absolute atomic E-state index is 13.7. The van der Waals surface area contributed by atoms with Crippen molar-refractivity contribution in [1.29, 1.82) is 0 Å². The average molecular weight is 291 g/mol. The van der Waals surface area contributed by atoms with Crippen molar-refractivity contribution in [2.24, 2.45) is 0 Å². The van der Waals surface area contributed by atoms with Crippen molar-refractivity contribution in [3.63, 3.8) is 0 Å². The van der Waals surface area contributed by atoms with E-state index < -0.39 is 5.82 Å². The van der Waals surface area contributed by atoms with Gasteiger partial charge in [-0.15, -0.1) is 0 Å². The fourth-order valence-corrected chi connectivity index (χ4v) is 3.17. The van der Waals surface area contributed by atoms with Gasteiger partial charge in [-0.1, -0.05) is 41.6 Å². The summed E-state index contributed by atoms with van der Waals surface area (Å²) in [6.45, 7) is 0. The minimum absolute atomic E-state index is 0.0834. The molecule has 0 aliphatic carbocycles. The summed E-state index contributed by atoms with van der Waals surface area (Å²) >= 11 is 7.30. The molecular formula is C15H8ClFOS. The van der Waals surface area contributed by atoms with E-state index in [1.165, 1.54) is 30.0 Å². The highest BCUT2D eigenvalue weighted by atomic mass is 35.5. The molecule has 4 heteroatoms. The Labute approximate surface area is 119 Å². The lowest BCUT2D eigenvalue weighted by atomic mass is 10.1. The van der Waals surface area contributed by atoms with Crippen LogP contribution in [0.5, 0.6) is 0 Å². The van der Waals surface area contributed by atoms with Gasteiger partial charge in [-0.25, -0.2) is 4.39 Å². The van der Waals surface area contributed by atoms with E-state index in [0.29, 0.717) is 15.5 Å². The van der Waals surface area contributed by atoms with E-state index >= 15 is 0 Å². The lowest BCUT2D eigenvalue weighted by molar-refractivity contribution is 0.104. The van der Waals surface area contributed by atoms with Gasteiger partial charge in [0.05, 0.1) is 9.93 Å². The van der Waals surface area contributed by atoms with E-state index in [4.69, 9.17) is 11.6 Å². The van der Waals surface area contributed by atoms with Crippen LogP contribution in [0.1, 0.15) is 15.9 Å². The van der Waals surface area contributed by atoms with Crippen LogP contribution in [-0.4, -0.2) is 5.78 Å². The predicted molar refractivity (Wildman–Crippen MR) is 76.0 cm³/mol. The first-order chi connectivity index (χ1) is 9.16. The molecule has 1 nitrogen and oxygen atoms in total. The number of Topliss-reactive ketones (excluding diaryl/α,β-unsaturated/α-hetero) is 1. The Morgan fingerprint density at radius 3 is 2.63 bits per heavy atom. The van der Waals surface area contributed by atoms with Crippen LogP contribution in [0.15, 0.2) is 52.3 Å². The van der Waals surface area contributed by atoms with Gasteiger partial charge >= 0.3 is 0 Å². The summed E-state index contributed by atoms with van der Waals surface area (Å²) < 4.78 is 13.7. The number of carbonyl (C=O) groups excluding carboxylic acids is 1. The second-order valence-electron chi connectivity index (χ2n) is 4.07. The second kappa shape index (κ2) is 4.83. The summed E-state index contributed by atoms with van der Waals surface area (Å²) in [5.74, 6) is -0.510. The minimum atomic E-state index is -0.427. The van der Waals surface area contributed by atoms with Gasteiger partial charge < -0.3 is 0 Å². The van der Waals surface area contributed by atoms with Gasteiger partial charge in [0.25, 0.3) is 0 Å². The largest absolute Gasteiger partial charge is 0.288 e. The van der Waals surface area contributed by atoms with Crippen molar-refractivity contribution in [1.82, 2.24) is 0 Å². The summed E-state index contributed by atoms with van der Waals surface area (Å²) in [4.78, 5) is 13.6. The molecule has 94 valence electrons. The number of benzene rings is 2. The molecule has 1 aliphatic rings. The number of carbonyl (C=O) groups is 1. The normalized spacial score (nSPS) is 15.9. The van der Waals surface area contributed by atoms with Crippen molar-refractivity contribution in [2.75, 3.05) is 0 Å². The van der Waals surface area contributed by atoms with Crippen molar-refractivity contribution in [3.8, 4) is 0 Å². The Balaban J connectivity index is 2.06. The number of halogens is 2. The van der Waals surface area contributed by atoms with Crippen LogP contribution in [0.4, 0.5) is 4.39 Å². The molecular weight excluding hydrogens is 283 g/mol. The molecule has 0 fully saturated rings. The molecule has 1 aliphatic heterocycles. The van der Waals surface area contributed by atoms with Crippen LogP contribution in [0.25, 0.3) is 6.08 Å². The third-order valence-electron chi connectivity index (χ3n) is 2.85. The minimum Gasteiger partial charge on any atom is -0.288 e. The number of allylic oxidation sites excluding steroid dienone is 1. The fourth-order valence-electron chi connectivity index (χ4n) is 1.92. The highest BCUT2D eigenvalue weighted by Crippen LogP contribution is 2.41. The van der Waals surface area contributed by atoms with E-state index in [9.17, 15) is 9.18 Å². The van der Waals surface area contributed by atoms with Crippen LogP contribution in [-0.2, 0) is 0 Å². The Hall–Kier alpha value is -1.58. The van der Waals surface area contributed by atoms with Crippen LogP contribution in [0.2, 0.25) is 5.02 Å². The molecule has 0 aromatic heterocycles. The predicted octanol–water partition coefficient (Wildman–Crippen LogP) is 4.81. The molecule has 0 radical (unpaired) electrons. The lowest BCUT2D eigenvalue weighted by Crippen LogP contribution is -1.94. The average Bonchev–Trinajstić information content (AvgIpc) is 2.72. The lowest BCUT2D eigenvalue weighted by Gasteiger charge is -2.01.